The van der Waals surface area contributed by atoms with Gasteiger partial charge in [0.05, 0.1) is 5.69 Å². The highest BCUT2D eigenvalue weighted by atomic mass is 16.3. The van der Waals surface area contributed by atoms with Gasteiger partial charge in [0.2, 0.25) is 0 Å². The van der Waals surface area contributed by atoms with Crippen molar-refractivity contribution in [3.63, 3.8) is 0 Å². The molecule has 2 aliphatic heterocycles. The summed E-state index contributed by atoms with van der Waals surface area (Å²) in [6.45, 7) is 33.2. The molecule has 0 saturated carbocycles. The van der Waals surface area contributed by atoms with Gasteiger partial charge in [-0.2, -0.15) is 0 Å². The van der Waals surface area contributed by atoms with Gasteiger partial charge in [-0.05, 0) is 206 Å². The smallest absolute Gasteiger partial charge is 0.375 e. The lowest BCUT2D eigenvalue weighted by Crippen LogP contribution is -2.61. The molecule has 0 unspecified atom stereocenters. The van der Waals surface area contributed by atoms with Crippen LogP contribution in [0.2, 0.25) is 0 Å². The zero-order valence-electron chi connectivity index (χ0n) is 43.7. The Morgan fingerprint density at radius 1 is 0.522 bits per heavy atom. The second-order valence-corrected chi connectivity index (χ2v) is 25.3. The normalized spacial score (nSPS) is 18.1. The van der Waals surface area contributed by atoms with Gasteiger partial charge in [0.25, 0.3) is 0 Å². The van der Waals surface area contributed by atoms with E-state index in [0.717, 1.165) is 36.2 Å². The van der Waals surface area contributed by atoms with Crippen LogP contribution in [0.3, 0.4) is 0 Å². The Hall–Kier alpha value is -6.00. The summed E-state index contributed by atoms with van der Waals surface area (Å²) in [5.41, 5.74) is 25.6. The maximum atomic E-state index is 7.75. The largest absolute Gasteiger partial charge is 0.466 e. The van der Waals surface area contributed by atoms with Gasteiger partial charge in [-0.25, -0.2) is 0 Å². The van der Waals surface area contributed by atoms with E-state index >= 15 is 0 Å². The van der Waals surface area contributed by atoms with Crippen LogP contribution in [0.4, 0.5) is 28.4 Å². The van der Waals surface area contributed by atoms with Gasteiger partial charge in [0.1, 0.15) is 11.2 Å². The number of hydrogen-bond donors (Lipinski definition) is 0. The average molecular weight is 905 g/mol. The van der Waals surface area contributed by atoms with Crippen LogP contribution in [0, 0.1) is 20.8 Å². The fourth-order valence-electron chi connectivity index (χ4n) is 13.2. The Morgan fingerprint density at radius 2 is 1.09 bits per heavy atom. The van der Waals surface area contributed by atoms with Gasteiger partial charge in [-0.1, -0.05) is 137 Å². The quantitative estimate of drug-likeness (QED) is 0.165. The third-order valence-electron chi connectivity index (χ3n) is 17.7. The molecule has 0 amide bonds. The highest BCUT2D eigenvalue weighted by Gasteiger charge is 2.50. The number of anilines is 5. The van der Waals surface area contributed by atoms with Crippen LogP contribution >= 0.6 is 0 Å². The van der Waals surface area contributed by atoms with Crippen LogP contribution in [0.5, 0.6) is 0 Å². The molecule has 0 radical (unpaired) electrons. The number of nitrogens with zero attached hydrogens (tertiary/aromatic N) is 2. The third kappa shape index (κ3) is 6.52. The van der Waals surface area contributed by atoms with E-state index in [0.29, 0.717) is 0 Å². The van der Waals surface area contributed by atoms with E-state index in [4.69, 9.17) is 4.42 Å². The molecule has 0 bridgehead atoms. The minimum absolute atomic E-state index is 0.0202. The first-order valence-corrected chi connectivity index (χ1v) is 25.8. The number of aryl methyl sites for hydroxylation is 3. The standard InChI is InChI=1S/C65H69BN2O/c1-38-18-17-19-39(2)57(38)43-32-47-46-31-41-20-15-16-21-42(41)33-54(46)68(45-24-22-44(23-25-45)61(4,5)6)66-58(47)55(34-43)67(53-36-51-49(30-40(53)3)62(7,8)26-28-64(51,11)12)59-48-35-50-52(37-56(48)69-60(59)66)65(13,14)29-27-63(50,9)10/h15-25,30-37H,26-29H2,1-14H3. The van der Waals surface area contributed by atoms with Crippen molar-refractivity contribution in [2.45, 2.75) is 150 Å². The molecule has 8 aromatic rings. The summed E-state index contributed by atoms with van der Waals surface area (Å²) in [5.74, 6) is 0. The molecule has 0 atom stereocenters. The lowest BCUT2D eigenvalue weighted by Gasteiger charge is -2.46. The Kier molecular flexibility index (Phi) is 9.32. The van der Waals surface area contributed by atoms with Crippen molar-refractivity contribution in [3.05, 3.63) is 160 Å². The summed E-state index contributed by atoms with van der Waals surface area (Å²) in [5, 5.41) is 3.67. The summed E-state index contributed by atoms with van der Waals surface area (Å²) in [6.07, 6.45) is 4.62. The van der Waals surface area contributed by atoms with Gasteiger partial charge >= 0.3 is 6.85 Å². The highest BCUT2D eigenvalue weighted by molar-refractivity contribution is 6.93. The molecule has 3 nitrogen and oxygen atoms in total. The fourth-order valence-corrected chi connectivity index (χ4v) is 13.2. The first kappa shape index (κ1) is 44.2. The minimum Gasteiger partial charge on any atom is -0.466 e. The molecule has 4 heteroatoms. The average Bonchev–Trinajstić information content (AvgIpc) is 3.67. The molecule has 0 N–H and O–H groups in total. The predicted molar refractivity (Wildman–Crippen MR) is 296 cm³/mol. The van der Waals surface area contributed by atoms with Crippen molar-refractivity contribution in [1.29, 1.82) is 0 Å². The molecule has 348 valence electrons. The van der Waals surface area contributed by atoms with Crippen molar-refractivity contribution < 1.29 is 4.42 Å². The van der Waals surface area contributed by atoms with Crippen LogP contribution < -0.4 is 20.8 Å². The van der Waals surface area contributed by atoms with Gasteiger partial charge < -0.3 is 14.1 Å². The van der Waals surface area contributed by atoms with Crippen molar-refractivity contribution in [3.8, 4) is 22.3 Å². The molecule has 0 saturated heterocycles. The number of hydrogen-bond acceptors (Lipinski definition) is 3. The molecule has 69 heavy (non-hydrogen) atoms. The van der Waals surface area contributed by atoms with E-state index in [-0.39, 0.29) is 33.9 Å². The van der Waals surface area contributed by atoms with Crippen molar-refractivity contribution in [2.75, 3.05) is 9.71 Å². The molecule has 0 fully saturated rings. The Morgan fingerprint density at radius 3 is 1.70 bits per heavy atom. The monoisotopic (exact) mass is 905 g/mol. The molecule has 7 aromatic carbocycles. The van der Waals surface area contributed by atoms with Gasteiger partial charge in [0.15, 0.2) is 0 Å². The van der Waals surface area contributed by atoms with E-state index < -0.39 is 0 Å². The first-order chi connectivity index (χ1) is 32.5. The lowest BCUT2D eigenvalue weighted by atomic mass is 9.45. The summed E-state index contributed by atoms with van der Waals surface area (Å²) >= 11 is 0. The molecule has 2 aliphatic carbocycles. The molecule has 0 spiro atoms. The van der Waals surface area contributed by atoms with E-state index in [2.05, 4.69) is 222 Å². The Labute approximate surface area is 412 Å². The van der Waals surface area contributed by atoms with Gasteiger partial charge in [-0.3, -0.25) is 0 Å². The summed E-state index contributed by atoms with van der Waals surface area (Å²) in [6, 6.07) is 45.3. The zero-order valence-corrected chi connectivity index (χ0v) is 43.7. The first-order valence-electron chi connectivity index (χ1n) is 25.8. The van der Waals surface area contributed by atoms with Crippen molar-refractivity contribution in [1.82, 2.24) is 0 Å². The maximum absolute atomic E-state index is 7.75. The molecule has 3 heterocycles. The summed E-state index contributed by atoms with van der Waals surface area (Å²) < 4.78 is 7.75. The number of furan rings is 1. The summed E-state index contributed by atoms with van der Waals surface area (Å²) in [4.78, 5) is 5.32. The molecular formula is C65H69BN2O. The van der Waals surface area contributed by atoms with Crippen LogP contribution in [0.15, 0.2) is 120 Å². The number of benzene rings is 7. The molecule has 4 aliphatic rings. The highest BCUT2D eigenvalue weighted by Crippen LogP contribution is 2.56. The van der Waals surface area contributed by atoms with Crippen LogP contribution in [0.1, 0.15) is 146 Å². The van der Waals surface area contributed by atoms with Gasteiger partial charge in [0, 0.05) is 33.7 Å². The molecule has 1 aromatic heterocycles. The molecule has 12 rings (SSSR count). The van der Waals surface area contributed by atoms with Gasteiger partial charge in [-0.15, -0.1) is 0 Å². The topological polar surface area (TPSA) is 19.6 Å². The Balaban J connectivity index is 1.27. The van der Waals surface area contributed by atoms with Crippen molar-refractivity contribution >= 4 is 68.1 Å². The number of rotatable bonds is 3. The molecular weight excluding hydrogens is 836 g/mol. The summed E-state index contributed by atoms with van der Waals surface area (Å²) in [7, 11) is 0. The van der Waals surface area contributed by atoms with Crippen LogP contribution in [-0.4, -0.2) is 6.85 Å². The zero-order chi connectivity index (χ0) is 48.5. The second-order valence-electron chi connectivity index (χ2n) is 25.3. The van der Waals surface area contributed by atoms with Crippen molar-refractivity contribution in [2.24, 2.45) is 0 Å². The second kappa shape index (κ2) is 14.5. The Bertz CT molecular complexity index is 3460. The SMILES string of the molecule is Cc1cc2c(cc1N1c3cc(-c4c(C)cccc4C)cc4c3B(c3oc5cc6c(cc5c31)C(C)(C)CCC6(C)C)N(c1ccc(C(C)(C)C)cc1)c1cc3ccccc3cc1-4)C(C)(C)CCC2(C)C. The van der Waals surface area contributed by atoms with Crippen LogP contribution in [0.25, 0.3) is 44.0 Å². The van der Waals surface area contributed by atoms with Crippen LogP contribution in [-0.2, 0) is 27.1 Å². The predicted octanol–water partition coefficient (Wildman–Crippen LogP) is 16.9. The number of fused-ring (bicyclic) bond motifs is 9. The lowest BCUT2D eigenvalue weighted by molar-refractivity contribution is 0.332. The van der Waals surface area contributed by atoms with E-state index in [9.17, 15) is 0 Å². The fraction of sp³-hybridized carbons (Fsp3) is 0.354. The minimum atomic E-state index is -0.249. The van der Waals surface area contributed by atoms with E-state index in [1.54, 1.807) is 0 Å². The maximum Gasteiger partial charge on any atom is 0.375 e. The third-order valence-corrected chi connectivity index (χ3v) is 17.7. The van der Waals surface area contributed by atoms with E-state index in [1.165, 1.54) is 118 Å². The van der Waals surface area contributed by atoms with E-state index in [1.807, 2.05) is 0 Å².